The Morgan fingerprint density at radius 1 is 0.938 bits per heavy atom. The van der Waals surface area contributed by atoms with Crippen LogP contribution >= 0.6 is 0 Å². The quantitative estimate of drug-likeness (QED) is 0.284. The summed E-state index contributed by atoms with van der Waals surface area (Å²) in [6.45, 7) is 0.411. The fourth-order valence-corrected chi connectivity index (χ4v) is 1.14. The third-order valence-corrected chi connectivity index (χ3v) is 1.89. The van der Waals surface area contributed by atoms with E-state index in [9.17, 15) is 9.59 Å². The van der Waals surface area contributed by atoms with Crippen molar-refractivity contribution in [3.05, 3.63) is 0 Å². The Hall–Kier alpha value is -1.54. The highest BCUT2D eigenvalue weighted by Gasteiger charge is 2.27. The van der Waals surface area contributed by atoms with E-state index in [0.717, 1.165) is 0 Å². The van der Waals surface area contributed by atoms with E-state index in [0.29, 0.717) is 0 Å². The molecule has 2 atom stereocenters. The van der Waals surface area contributed by atoms with Crippen LogP contribution < -0.4 is 0 Å². The SMILES string of the molecule is O=C1OCC(COOCC2COC(=O)O2)O1. The van der Waals surface area contributed by atoms with E-state index < -0.39 is 24.5 Å². The molecule has 8 heteroatoms. The molecule has 2 rings (SSSR count). The van der Waals surface area contributed by atoms with Gasteiger partial charge in [0, 0.05) is 0 Å². The van der Waals surface area contributed by atoms with Gasteiger partial charge in [0.1, 0.15) is 26.4 Å². The number of hydrogen-bond acceptors (Lipinski definition) is 8. The maximum atomic E-state index is 10.5. The summed E-state index contributed by atoms with van der Waals surface area (Å²) in [5.74, 6) is 0. The molecule has 16 heavy (non-hydrogen) atoms. The van der Waals surface area contributed by atoms with Gasteiger partial charge >= 0.3 is 12.3 Å². The van der Waals surface area contributed by atoms with Crippen molar-refractivity contribution in [2.24, 2.45) is 0 Å². The Morgan fingerprint density at radius 3 is 1.69 bits per heavy atom. The van der Waals surface area contributed by atoms with Gasteiger partial charge in [-0.25, -0.2) is 19.4 Å². The zero-order chi connectivity index (χ0) is 11.4. The summed E-state index contributed by atoms with van der Waals surface area (Å²) >= 11 is 0. The Kier molecular flexibility index (Phi) is 3.42. The predicted molar refractivity (Wildman–Crippen MR) is 44.3 cm³/mol. The molecule has 2 saturated heterocycles. The number of cyclic esters (lactones) is 4. The van der Waals surface area contributed by atoms with E-state index >= 15 is 0 Å². The second-order valence-electron chi connectivity index (χ2n) is 3.17. The van der Waals surface area contributed by atoms with E-state index in [1.165, 1.54) is 0 Å². The Morgan fingerprint density at radius 2 is 1.38 bits per heavy atom. The van der Waals surface area contributed by atoms with Gasteiger partial charge in [-0.3, -0.25) is 0 Å². The molecular formula is C8H10O8. The van der Waals surface area contributed by atoms with Crippen molar-refractivity contribution in [3.8, 4) is 0 Å². The molecule has 2 unspecified atom stereocenters. The van der Waals surface area contributed by atoms with Gasteiger partial charge in [0.2, 0.25) is 0 Å². The Labute approximate surface area is 90.2 Å². The smallest absolute Gasteiger partial charge is 0.430 e. The third-order valence-electron chi connectivity index (χ3n) is 1.89. The van der Waals surface area contributed by atoms with E-state index in [2.05, 4.69) is 18.9 Å². The number of ether oxygens (including phenoxy) is 4. The second kappa shape index (κ2) is 4.99. The Bertz CT molecular complexity index is 249. The fourth-order valence-electron chi connectivity index (χ4n) is 1.14. The number of carbonyl (C=O) groups excluding carboxylic acids is 2. The molecule has 0 bridgehead atoms. The molecule has 0 aliphatic carbocycles. The lowest BCUT2D eigenvalue weighted by molar-refractivity contribution is -0.311. The van der Waals surface area contributed by atoms with Crippen LogP contribution in [0.4, 0.5) is 9.59 Å². The second-order valence-corrected chi connectivity index (χ2v) is 3.17. The van der Waals surface area contributed by atoms with Crippen molar-refractivity contribution in [2.45, 2.75) is 12.2 Å². The van der Waals surface area contributed by atoms with Crippen molar-refractivity contribution < 1.29 is 38.3 Å². The minimum Gasteiger partial charge on any atom is -0.430 e. The average Bonchev–Trinajstić information content (AvgIpc) is 2.83. The summed E-state index contributed by atoms with van der Waals surface area (Å²) in [4.78, 5) is 30.6. The molecule has 0 saturated carbocycles. The standard InChI is InChI=1S/C8H10O8/c9-7-11-1-5(15-7)3-13-14-4-6-2-12-8(10)16-6/h5-6H,1-4H2. The molecule has 2 fully saturated rings. The van der Waals surface area contributed by atoms with E-state index in [4.69, 9.17) is 9.78 Å². The minimum atomic E-state index is -0.716. The van der Waals surface area contributed by atoms with Crippen LogP contribution in [-0.2, 0) is 28.7 Å². The van der Waals surface area contributed by atoms with Gasteiger partial charge in [-0.2, -0.15) is 0 Å². The van der Waals surface area contributed by atoms with E-state index in [1.54, 1.807) is 0 Å². The summed E-state index contributed by atoms with van der Waals surface area (Å²) < 4.78 is 18.4. The summed E-state index contributed by atoms with van der Waals surface area (Å²) in [7, 11) is 0. The molecule has 0 N–H and O–H groups in total. The molecule has 0 radical (unpaired) electrons. The summed E-state index contributed by atoms with van der Waals surface area (Å²) in [6, 6.07) is 0. The third kappa shape index (κ3) is 2.97. The maximum Gasteiger partial charge on any atom is 0.508 e. The van der Waals surface area contributed by atoms with Crippen molar-refractivity contribution >= 4 is 12.3 Å². The predicted octanol–water partition coefficient (Wildman–Crippen LogP) is 0.00540. The number of hydrogen-bond donors (Lipinski definition) is 0. The first-order valence-corrected chi connectivity index (χ1v) is 4.65. The van der Waals surface area contributed by atoms with E-state index in [-0.39, 0.29) is 26.4 Å². The van der Waals surface area contributed by atoms with Gasteiger partial charge in [0.15, 0.2) is 12.2 Å². The molecular weight excluding hydrogens is 224 g/mol. The van der Waals surface area contributed by atoms with Crippen molar-refractivity contribution in [1.29, 1.82) is 0 Å². The van der Waals surface area contributed by atoms with Crippen molar-refractivity contribution in [1.82, 2.24) is 0 Å². The maximum absolute atomic E-state index is 10.5. The van der Waals surface area contributed by atoms with Crippen LogP contribution in [0.15, 0.2) is 0 Å². The topological polar surface area (TPSA) is 89.5 Å². The monoisotopic (exact) mass is 234 g/mol. The molecule has 8 nitrogen and oxygen atoms in total. The van der Waals surface area contributed by atoms with Crippen LogP contribution in [0.3, 0.4) is 0 Å². The lowest BCUT2D eigenvalue weighted by Crippen LogP contribution is -2.22. The molecule has 90 valence electrons. The molecule has 0 spiro atoms. The number of rotatable bonds is 5. The van der Waals surface area contributed by atoms with Crippen LogP contribution in [0.1, 0.15) is 0 Å². The van der Waals surface area contributed by atoms with Gasteiger partial charge in [-0.15, -0.1) is 0 Å². The normalized spacial score (nSPS) is 28.2. The molecule has 0 amide bonds. The van der Waals surface area contributed by atoms with Crippen LogP contribution in [0.2, 0.25) is 0 Å². The zero-order valence-electron chi connectivity index (χ0n) is 8.25. The van der Waals surface area contributed by atoms with Crippen molar-refractivity contribution in [2.75, 3.05) is 26.4 Å². The van der Waals surface area contributed by atoms with Crippen LogP contribution in [0.5, 0.6) is 0 Å². The summed E-state index contributed by atoms with van der Waals surface area (Å²) in [5.41, 5.74) is 0. The van der Waals surface area contributed by atoms with Crippen LogP contribution in [-0.4, -0.2) is 50.9 Å². The summed E-state index contributed by atoms with van der Waals surface area (Å²) in [5, 5.41) is 0. The number of carbonyl (C=O) groups is 2. The molecule has 2 aliphatic rings. The average molecular weight is 234 g/mol. The lowest BCUT2D eigenvalue weighted by Gasteiger charge is -2.08. The van der Waals surface area contributed by atoms with E-state index in [1.807, 2.05) is 0 Å². The molecule has 0 aromatic rings. The van der Waals surface area contributed by atoms with Crippen LogP contribution in [0.25, 0.3) is 0 Å². The zero-order valence-corrected chi connectivity index (χ0v) is 8.25. The molecule has 2 aliphatic heterocycles. The first-order chi connectivity index (χ1) is 7.74. The largest absolute Gasteiger partial charge is 0.508 e. The first kappa shape index (κ1) is 11.0. The van der Waals surface area contributed by atoms with Gasteiger partial charge < -0.3 is 18.9 Å². The highest BCUT2D eigenvalue weighted by molar-refractivity contribution is 5.62. The highest BCUT2D eigenvalue weighted by Crippen LogP contribution is 2.08. The lowest BCUT2D eigenvalue weighted by atomic mass is 10.4. The minimum absolute atomic E-state index is 0.0628. The van der Waals surface area contributed by atoms with Gasteiger partial charge in [-0.05, 0) is 0 Å². The van der Waals surface area contributed by atoms with Gasteiger partial charge in [0.25, 0.3) is 0 Å². The molecule has 0 aromatic heterocycles. The van der Waals surface area contributed by atoms with Crippen LogP contribution in [0, 0.1) is 0 Å². The van der Waals surface area contributed by atoms with Crippen molar-refractivity contribution in [3.63, 3.8) is 0 Å². The van der Waals surface area contributed by atoms with Gasteiger partial charge in [-0.1, -0.05) is 0 Å². The highest BCUT2D eigenvalue weighted by atomic mass is 17.2. The van der Waals surface area contributed by atoms with Gasteiger partial charge in [0.05, 0.1) is 0 Å². The fraction of sp³-hybridized carbons (Fsp3) is 0.750. The molecule has 0 aromatic carbocycles. The first-order valence-electron chi connectivity index (χ1n) is 4.65. The molecule has 2 heterocycles. The summed E-state index contributed by atoms with van der Waals surface area (Å²) in [6.07, 6.45) is -2.36. The Balaban J connectivity index is 1.52.